The summed E-state index contributed by atoms with van der Waals surface area (Å²) in [6.07, 6.45) is 0. The summed E-state index contributed by atoms with van der Waals surface area (Å²) in [4.78, 5) is 12.3. The number of carbonyl (C=O) groups excluding carboxylic acids is 1. The molecule has 0 atom stereocenters. The molecular weight excluding hydrogens is 341 g/mol. The molecule has 1 aromatic heterocycles. The SMILES string of the molecule is Cc1nn(-c2ccccc2)c(C)c1CNC(=O)c1ccc(F)cc1Cl. The van der Waals surface area contributed by atoms with Gasteiger partial charge in [0.25, 0.3) is 5.91 Å². The van der Waals surface area contributed by atoms with Crippen LogP contribution in [0.3, 0.4) is 0 Å². The number of aryl methyl sites for hydroxylation is 1. The fourth-order valence-electron chi connectivity index (χ4n) is 2.69. The summed E-state index contributed by atoms with van der Waals surface area (Å²) in [5, 5.41) is 7.46. The Morgan fingerprint density at radius 3 is 2.60 bits per heavy atom. The minimum absolute atomic E-state index is 0.0888. The molecule has 0 aliphatic heterocycles. The Morgan fingerprint density at radius 2 is 1.92 bits per heavy atom. The average molecular weight is 358 g/mol. The number of amides is 1. The highest BCUT2D eigenvalue weighted by Crippen LogP contribution is 2.19. The zero-order chi connectivity index (χ0) is 18.0. The van der Waals surface area contributed by atoms with E-state index >= 15 is 0 Å². The van der Waals surface area contributed by atoms with Gasteiger partial charge >= 0.3 is 0 Å². The summed E-state index contributed by atoms with van der Waals surface area (Å²) in [5.74, 6) is -0.825. The van der Waals surface area contributed by atoms with E-state index in [-0.39, 0.29) is 16.5 Å². The number of benzene rings is 2. The zero-order valence-electron chi connectivity index (χ0n) is 13.9. The van der Waals surface area contributed by atoms with Gasteiger partial charge in [-0.05, 0) is 44.2 Å². The molecule has 128 valence electrons. The molecule has 0 fully saturated rings. The normalized spacial score (nSPS) is 10.7. The van der Waals surface area contributed by atoms with Crippen molar-refractivity contribution in [2.24, 2.45) is 0 Å². The molecular formula is C19H17ClFN3O. The molecule has 6 heteroatoms. The van der Waals surface area contributed by atoms with Gasteiger partial charge in [-0.3, -0.25) is 4.79 Å². The summed E-state index contributed by atoms with van der Waals surface area (Å²) < 4.78 is 15.0. The van der Waals surface area contributed by atoms with Crippen molar-refractivity contribution in [3.8, 4) is 5.69 Å². The molecule has 1 amide bonds. The molecule has 0 spiro atoms. The van der Waals surface area contributed by atoms with Gasteiger partial charge in [0.15, 0.2) is 0 Å². The molecule has 3 aromatic rings. The van der Waals surface area contributed by atoms with Crippen LogP contribution in [0.4, 0.5) is 4.39 Å². The van der Waals surface area contributed by atoms with Crippen molar-refractivity contribution in [1.29, 1.82) is 0 Å². The molecule has 0 aliphatic carbocycles. The van der Waals surface area contributed by atoms with Crippen LogP contribution in [0.5, 0.6) is 0 Å². The first kappa shape index (κ1) is 17.2. The van der Waals surface area contributed by atoms with Gasteiger partial charge in [0.1, 0.15) is 5.82 Å². The zero-order valence-corrected chi connectivity index (χ0v) is 14.6. The van der Waals surface area contributed by atoms with Crippen molar-refractivity contribution >= 4 is 17.5 Å². The molecule has 1 heterocycles. The Labute approximate surface area is 150 Å². The lowest BCUT2D eigenvalue weighted by Gasteiger charge is -2.08. The van der Waals surface area contributed by atoms with E-state index in [0.717, 1.165) is 28.7 Å². The summed E-state index contributed by atoms with van der Waals surface area (Å²) >= 11 is 5.94. The van der Waals surface area contributed by atoms with Crippen LogP contribution in [0.2, 0.25) is 5.02 Å². The Morgan fingerprint density at radius 1 is 1.20 bits per heavy atom. The van der Waals surface area contributed by atoms with Gasteiger partial charge < -0.3 is 5.32 Å². The molecule has 4 nitrogen and oxygen atoms in total. The van der Waals surface area contributed by atoms with Gasteiger partial charge in [-0.15, -0.1) is 0 Å². The molecule has 0 radical (unpaired) electrons. The van der Waals surface area contributed by atoms with Crippen molar-refractivity contribution in [3.05, 3.63) is 81.9 Å². The van der Waals surface area contributed by atoms with Gasteiger partial charge in [0.2, 0.25) is 0 Å². The summed E-state index contributed by atoms with van der Waals surface area (Å²) in [7, 11) is 0. The van der Waals surface area contributed by atoms with E-state index in [2.05, 4.69) is 10.4 Å². The fraction of sp³-hybridized carbons (Fsp3) is 0.158. The first-order valence-corrected chi connectivity index (χ1v) is 8.19. The van der Waals surface area contributed by atoms with E-state index < -0.39 is 5.82 Å². The van der Waals surface area contributed by atoms with Crippen LogP contribution in [0.15, 0.2) is 48.5 Å². The third-order valence-corrected chi connectivity index (χ3v) is 4.36. The van der Waals surface area contributed by atoms with Crippen LogP contribution < -0.4 is 5.32 Å². The fourth-order valence-corrected chi connectivity index (χ4v) is 2.94. The molecule has 0 bridgehead atoms. The number of para-hydroxylation sites is 1. The van der Waals surface area contributed by atoms with E-state index in [1.54, 1.807) is 0 Å². The first-order valence-electron chi connectivity index (χ1n) is 7.81. The smallest absolute Gasteiger partial charge is 0.253 e. The lowest BCUT2D eigenvalue weighted by molar-refractivity contribution is 0.0951. The number of hydrogen-bond acceptors (Lipinski definition) is 2. The molecule has 25 heavy (non-hydrogen) atoms. The van der Waals surface area contributed by atoms with Crippen LogP contribution in [-0.2, 0) is 6.54 Å². The highest BCUT2D eigenvalue weighted by atomic mass is 35.5. The standard InChI is InChI=1S/C19H17ClFN3O/c1-12-17(13(2)24(23-12)15-6-4-3-5-7-15)11-22-19(25)16-9-8-14(21)10-18(16)20/h3-10H,11H2,1-2H3,(H,22,25). The molecule has 0 saturated heterocycles. The van der Waals surface area contributed by atoms with Crippen molar-refractivity contribution in [3.63, 3.8) is 0 Å². The quantitative estimate of drug-likeness (QED) is 0.760. The number of hydrogen-bond donors (Lipinski definition) is 1. The van der Waals surface area contributed by atoms with Crippen LogP contribution in [0, 0.1) is 19.7 Å². The lowest BCUT2D eigenvalue weighted by atomic mass is 10.1. The number of halogens is 2. The van der Waals surface area contributed by atoms with E-state index in [0.29, 0.717) is 6.54 Å². The second-order valence-corrected chi connectivity index (χ2v) is 6.11. The van der Waals surface area contributed by atoms with Crippen LogP contribution in [0.1, 0.15) is 27.3 Å². The van der Waals surface area contributed by atoms with E-state index in [4.69, 9.17) is 11.6 Å². The van der Waals surface area contributed by atoms with Crippen LogP contribution in [0.25, 0.3) is 5.69 Å². The summed E-state index contributed by atoms with van der Waals surface area (Å²) in [5.41, 5.74) is 3.94. The van der Waals surface area contributed by atoms with E-state index in [1.807, 2.05) is 48.9 Å². The maximum atomic E-state index is 13.1. The first-order chi connectivity index (χ1) is 12.0. The number of aromatic nitrogens is 2. The van der Waals surface area contributed by atoms with Crippen molar-refractivity contribution in [1.82, 2.24) is 15.1 Å². The van der Waals surface area contributed by atoms with Gasteiger partial charge in [0.05, 0.1) is 22.0 Å². The predicted octanol–water partition coefficient (Wildman–Crippen LogP) is 4.21. The minimum atomic E-state index is -0.475. The number of nitrogens with one attached hydrogen (secondary N) is 1. The second kappa shape index (κ2) is 7.07. The largest absolute Gasteiger partial charge is 0.348 e. The monoisotopic (exact) mass is 357 g/mol. The molecule has 2 aromatic carbocycles. The molecule has 0 saturated carbocycles. The molecule has 3 rings (SSSR count). The Balaban J connectivity index is 1.80. The lowest BCUT2D eigenvalue weighted by Crippen LogP contribution is -2.23. The predicted molar refractivity (Wildman–Crippen MR) is 95.6 cm³/mol. The topological polar surface area (TPSA) is 46.9 Å². The van der Waals surface area contributed by atoms with Gasteiger partial charge in [-0.2, -0.15) is 5.10 Å². The Kier molecular flexibility index (Phi) is 4.86. The molecule has 0 aliphatic rings. The second-order valence-electron chi connectivity index (χ2n) is 5.70. The van der Waals surface area contributed by atoms with Crippen LogP contribution in [-0.4, -0.2) is 15.7 Å². The number of rotatable bonds is 4. The van der Waals surface area contributed by atoms with Crippen molar-refractivity contribution < 1.29 is 9.18 Å². The number of carbonyl (C=O) groups is 1. The third kappa shape index (κ3) is 3.56. The van der Waals surface area contributed by atoms with E-state index in [9.17, 15) is 9.18 Å². The molecule has 0 unspecified atom stereocenters. The van der Waals surface area contributed by atoms with Gasteiger partial charge in [0, 0.05) is 17.8 Å². The highest BCUT2D eigenvalue weighted by molar-refractivity contribution is 6.33. The van der Waals surface area contributed by atoms with Crippen molar-refractivity contribution in [2.75, 3.05) is 0 Å². The maximum Gasteiger partial charge on any atom is 0.253 e. The highest BCUT2D eigenvalue weighted by Gasteiger charge is 2.15. The van der Waals surface area contributed by atoms with Gasteiger partial charge in [-0.1, -0.05) is 29.8 Å². The average Bonchev–Trinajstić information content (AvgIpc) is 2.88. The molecule has 1 N–H and O–H groups in total. The maximum absolute atomic E-state index is 13.1. The third-order valence-electron chi connectivity index (χ3n) is 4.04. The summed E-state index contributed by atoms with van der Waals surface area (Å²) in [6.45, 7) is 4.18. The number of nitrogens with zero attached hydrogens (tertiary/aromatic N) is 2. The van der Waals surface area contributed by atoms with E-state index in [1.165, 1.54) is 12.1 Å². The van der Waals surface area contributed by atoms with Crippen molar-refractivity contribution in [2.45, 2.75) is 20.4 Å². The van der Waals surface area contributed by atoms with Gasteiger partial charge in [-0.25, -0.2) is 9.07 Å². The summed E-state index contributed by atoms with van der Waals surface area (Å²) in [6, 6.07) is 13.5. The minimum Gasteiger partial charge on any atom is -0.348 e. The van der Waals surface area contributed by atoms with Crippen LogP contribution >= 0.6 is 11.6 Å². The Bertz CT molecular complexity index is 922. The Hall–Kier alpha value is -2.66.